The largest absolute Gasteiger partial charge is 0.497 e. The van der Waals surface area contributed by atoms with Gasteiger partial charge >= 0.3 is 0 Å². The lowest BCUT2D eigenvalue weighted by molar-refractivity contribution is 0.415. The molecule has 0 amide bonds. The first-order chi connectivity index (χ1) is 23.3. The molecule has 4 nitrogen and oxygen atoms in total. The van der Waals surface area contributed by atoms with Gasteiger partial charge in [-0.1, -0.05) is 54.6 Å². The topological polar surface area (TPSA) is 30.3 Å². The molecule has 0 aliphatic carbocycles. The highest BCUT2D eigenvalue weighted by atomic mass is 32.1. The van der Waals surface area contributed by atoms with E-state index in [1.54, 1.807) is 7.11 Å². The maximum absolute atomic E-state index is 5.55. The van der Waals surface area contributed by atoms with Gasteiger partial charge in [-0.15, -0.1) is 11.3 Å². The van der Waals surface area contributed by atoms with Crippen LogP contribution in [0.4, 0.5) is 17.1 Å². The summed E-state index contributed by atoms with van der Waals surface area (Å²) in [6.07, 6.45) is 3.68. The lowest BCUT2D eigenvalue weighted by atomic mass is 10.1. The predicted molar refractivity (Wildman–Crippen MR) is 198 cm³/mol. The summed E-state index contributed by atoms with van der Waals surface area (Å²) < 4.78 is 10.5. The van der Waals surface area contributed by atoms with E-state index in [-0.39, 0.29) is 0 Å². The number of pyridine rings is 1. The first kappa shape index (κ1) is 27.4. The second kappa shape index (κ2) is 11.2. The zero-order chi connectivity index (χ0) is 31.3. The summed E-state index contributed by atoms with van der Waals surface area (Å²) in [7, 11) is 1.71. The van der Waals surface area contributed by atoms with Gasteiger partial charge in [-0.25, -0.2) is 0 Å². The number of para-hydroxylation sites is 1. The van der Waals surface area contributed by atoms with Crippen LogP contribution in [0.15, 0.2) is 158 Å². The van der Waals surface area contributed by atoms with Crippen molar-refractivity contribution in [1.29, 1.82) is 0 Å². The van der Waals surface area contributed by atoms with Crippen LogP contribution in [-0.4, -0.2) is 16.7 Å². The first-order valence-electron chi connectivity index (χ1n) is 15.7. The van der Waals surface area contributed by atoms with Crippen molar-refractivity contribution in [2.45, 2.75) is 0 Å². The van der Waals surface area contributed by atoms with E-state index in [1.165, 1.54) is 42.0 Å². The van der Waals surface area contributed by atoms with E-state index in [4.69, 9.17) is 4.74 Å². The number of hydrogen-bond donors (Lipinski definition) is 0. The van der Waals surface area contributed by atoms with Crippen LogP contribution >= 0.6 is 11.3 Å². The van der Waals surface area contributed by atoms with Crippen molar-refractivity contribution >= 4 is 70.4 Å². The Morgan fingerprint density at radius 3 is 2.06 bits per heavy atom. The Morgan fingerprint density at radius 1 is 0.574 bits per heavy atom. The number of anilines is 3. The number of methoxy groups -OCH3 is 1. The van der Waals surface area contributed by atoms with Crippen molar-refractivity contribution in [2.24, 2.45) is 0 Å². The molecule has 0 saturated carbocycles. The maximum Gasteiger partial charge on any atom is 0.119 e. The molecule has 47 heavy (non-hydrogen) atoms. The third-order valence-corrected chi connectivity index (χ3v) is 10.2. The van der Waals surface area contributed by atoms with Crippen LogP contribution < -0.4 is 9.64 Å². The van der Waals surface area contributed by atoms with Crippen molar-refractivity contribution < 1.29 is 4.74 Å². The fourth-order valence-corrected chi connectivity index (χ4v) is 7.91. The highest BCUT2D eigenvalue weighted by molar-refractivity contribution is 7.25. The lowest BCUT2D eigenvalue weighted by Crippen LogP contribution is -2.10. The summed E-state index contributed by atoms with van der Waals surface area (Å²) in [6, 6.07) is 52.2. The van der Waals surface area contributed by atoms with Crippen LogP contribution in [0.5, 0.6) is 5.75 Å². The van der Waals surface area contributed by atoms with Gasteiger partial charge in [0.2, 0.25) is 0 Å². The minimum atomic E-state index is 0.831. The number of ether oxygens (including phenoxy) is 1. The molecule has 0 saturated heterocycles. The lowest BCUT2D eigenvalue weighted by Gasteiger charge is -2.27. The van der Waals surface area contributed by atoms with E-state index in [0.29, 0.717) is 0 Å². The Bertz CT molecular complexity index is 2550. The average molecular weight is 624 g/mol. The van der Waals surface area contributed by atoms with E-state index in [0.717, 1.165) is 39.6 Å². The van der Waals surface area contributed by atoms with E-state index in [2.05, 4.69) is 136 Å². The highest BCUT2D eigenvalue weighted by Gasteiger charge is 2.21. The Hall–Kier alpha value is -5.91. The smallest absolute Gasteiger partial charge is 0.119 e. The van der Waals surface area contributed by atoms with Gasteiger partial charge in [-0.2, -0.15) is 0 Å². The van der Waals surface area contributed by atoms with E-state index in [1.807, 2.05) is 48.0 Å². The van der Waals surface area contributed by atoms with Gasteiger partial charge in [0.1, 0.15) is 5.75 Å². The molecule has 0 bridgehead atoms. The Balaban J connectivity index is 1.28. The molecule has 9 aromatic rings. The minimum Gasteiger partial charge on any atom is -0.497 e. The molecule has 0 unspecified atom stereocenters. The van der Waals surface area contributed by atoms with Crippen LogP contribution in [0, 0.1) is 0 Å². The molecule has 0 radical (unpaired) electrons. The number of thiophene rings is 1. The van der Waals surface area contributed by atoms with Gasteiger partial charge in [0, 0.05) is 60.4 Å². The van der Waals surface area contributed by atoms with Crippen LogP contribution in [0.25, 0.3) is 58.8 Å². The molecule has 6 aromatic carbocycles. The van der Waals surface area contributed by atoms with Gasteiger partial charge in [-0.3, -0.25) is 4.98 Å². The molecule has 3 aromatic heterocycles. The van der Waals surface area contributed by atoms with Crippen LogP contribution in [0.3, 0.4) is 0 Å². The fraction of sp³-hybridized carbons (Fsp3) is 0.0238. The van der Waals surface area contributed by atoms with Gasteiger partial charge in [0.05, 0.1) is 23.8 Å². The van der Waals surface area contributed by atoms with Crippen molar-refractivity contribution in [3.8, 4) is 22.6 Å². The number of hydrogen-bond acceptors (Lipinski definition) is 4. The zero-order valence-electron chi connectivity index (χ0n) is 25.7. The molecular formula is C42H29N3OS. The zero-order valence-corrected chi connectivity index (χ0v) is 26.5. The predicted octanol–water partition coefficient (Wildman–Crippen LogP) is 11.7. The number of nitrogens with zero attached hydrogens (tertiary/aromatic N) is 3. The molecule has 0 spiro atoms. The van der Waals surface area contributed by atoms with Crippen molar-refractivity contribution in [3.63, 3.8) is 0 Å². The number of aromatic nitrogens is 2. The molecule has 0 atom stereocenters. The van der Waals surface area contributed by atoms with Crippen LogP contribution in [0.2, 0.25) is 0 Å². The summed E-state index contributed by atoms with van der Waals surface area (Å²) in [5, 5.41) is 4.96. The second-order valence-corrected chi connectivity index (χ2v) is 12.7. The molecule has 224 valence electrons. The van der Waals surface area contributed by atoms with Crippen LogP contribution in [0.1, 0.15) is 0 Å². The van der Waals surface area contributed by atoms with Gasteiger partial charge in [0.15, 0.2) is 0 Å². The molecule has 5 heteroatoms. The SMILES string of the molecule is COc1ccc(N(c2ccc3sc4ccccc4c3c2)c2cccc3c2c2ccccc2n3-c2ccc(-c3ccncc3)cc2)cc1. The second-order valence-electron chi connectivity index (χ2n) is 11.6. The summed E-state index contributed by atoms with van der Waals surface area (Å²) in [5.41, 5.74) is 9.05. The summed E-state index contributed by atoms with van der Waals surface area (Å²) in [6.45, 7) is 0. The maximum atomic E-state index is 5.55. The summed E-state index contributed by atoms with van der Waals surface area (Å²) in [5.74, 6) is 0.831. The van der Waals surface area contributed by atoms with E-state index >= 15 is 0 Å². The first-order valence-corrected chi connectivity index (χ1v) is 16.5. The van der Waals surface area contributed by atoms with Crippen molar-refractivity contribution in [2.75, 3.05) is 12.0 Å². The Morgan fingerprint density at radius 2 is 1.26 bits per heavy atom. The molecule has 0 aliphatic heterocycles. The normalized spacial score (nSPS) is 11.5. The highest BCUT2D eigenvalue weighted by Crippen LogP contribution is 2.45. The molecule has 3 heterocycles. The number of benzene rings is 6. The molecule has 9 rings (SSSR count). The minimum absolute atomic E-state index is 0.831. The number of fused-ring (bicyclic) bond motifs is 6. The number of rotatable bonds is 6. The summed E-state index contributed by atoms with van der Waals surface area (Å²) in [4.78, 5) is 6.57. The van der Waals surface area contributed by atoms with Gasteiger partial charge < -0.3 is 14.2 Å². The fourth-order valence-electron chi connectivity index (χ4n) is 6.82. The van der Waals surface area contributed by atoms with Crippen molar-refractivity contribution in [3.05, 3.63) is 158 Å². The Labute approximate surface area is 276 Å². The van der Waals surface area contributed by atoms with Crippen LogP contribution in [-0.2, 0) is 0 Å². The summed E-state index contributed by atoms with van der Waals surface area (Å²) >= 11 is 1.84. The average Bonchev–Trinajstić information content (AvgIpc) is 3.68. The monoisotopic (exact) mass is 623 g/mol. The third kappa shape index (κ3) is 4.55. The molecular weight excluding hydrogens is 595 g/mol. The van der Waals surface area contributed by atoms with Gasteiger partial charge in [-0.05, 0) is 102 Å². The molecule has 0 aliphatic rings. The Kier molecular flexibility index (Phi) is 6.51. The third-order valence-electron chi connectivity index (χ3n) is 9.00. The quantitative estimate of drug-likeness (QED) is 0.185. The van der Waals surface area contributed by atoms with E-state index in [9.17, 15) is 0 Å². The van der Waals surface area contributed by atoms with Gasteiger partial charge in [0.25, 0.3) is 0 Å². The standard InChI is InChI=1S/C42H29N3OS/c1-46-33-20-17-30(18-21-33)44(32-19-22-41-36(27-32)34-7-3-5-12-40(34)47-41)38-10-6-11-39-42(38)35-8-2-4-9-37(35)45(39)31-15-13-28(14-16-31)29-23-25-43-26-24-29/h2-27H,1H3. The molecule has 0 fully saturated rings. The van der Waals surface area contributed by atoms with E-state index < -0.39 is 0 Å². The van der Waals surface area contributed by atoms with Crippen molar-refractivity contribution in [1.82, 2.24) is 9.55 Å². The molecule has 0 N–H and O–H groups in total.